The lowest BCUT2D eigenvalue weighted by atomic mass is 9.75. The second kappa shape index (κ2) is 7.90. The molecule has 5 atom stereocenters. The Bertz CT molecular complexity index is 596. The first kappa shape index (κ1) is 20.1. The van der Waals surface area contributed by atoms with Crippen LogP contribution < -0.4 is 5.32 Å². The summed E-state index contributed by atoms with van der Waals surface area (Å²) in [6.07, 6.45) is 4.78. The standard InChI is InChI=1S/C21H34FN3O3/c1-14-2-4-16(17(22)12-14)18-5-3-15(13-23-18)19(26)24-8-10-25(11-9-24)20(27)21(28)6-7-21/h14-18,23,28H,2-13H2,1H3. The van der Waals surface area contributed by atoms with Gasteiger partial charge in [0, 0.05) is 44.7 Å². The van der Waals surface area contributed by atoms with E-state index in [0.717, 1.165) is 25.7 Å². The number of piperidine rings is 1. The number of hydrogen-bond donors (Lipinski definition) is 2. The molecule has 6 nitrogen and oxygen atoms in total. The van der Waals surface area contributed by atoms with Crippen LogP contribution in [-0.2, 0) is 9.59 Å². The van der Waals surface area contributed by atoms with Crippen molar-refractivity contribution >= 4 is 11.8 Å². The number of nitrogens with one attached hydrogen (secondary N) is 1. The average molecular weight is 396 g/mol. The van der Waals surface area contributed by atoms with Gasteiger partial charge in [0.15, 0.2) is 0 Å². The third-order valence-corrected chi connectivity index (χ3v) is 7.40. The second-order valence-electron chi connectivity index (χ2n) is 9.54. The minimum Gasteiger partial charge on any atom is -0.380 e. The van der Waals surface area contributed by atoms with Crippen LogP contribution in [0.25, 0.3) is 0 Å². The topological polar surface area (TPSA) is 72.9 Å². The van der Waals surface area contributed by atoms with Crippen LogP contribution in [0.3, 0.4) is 0 Å². The fourth-order valence-corrected chi connectivity index (χ4v) is 5.26. The van der Waals surface area contributed by atoms with E-state index in [1.165, 1.54) is 0 Å². The van der Waals surface area contributed by atoms with Crippen molar-refractivity contribution in [2.75, 3.05) is 32.7 Å². The molecule has 2 saturated heterocycles. The van der Waals surface area contributed by atoms with Crippen molar-refractivity contribution in [3.05, 3.63) is 0 Å². The first-order valence-electron chi connectivity index (χ1n) is 11.1. The number of halogens is 1. The van der Waals surface area contributed by atoms with Gasteiger partial charge in [-0.1, -0.05) is 13.3 Å². The maximum atomic E-state index is 14.5. The molecule has 7 heteroatoms. The van der Waals surface area contributed by atoms with E-state index in [1.54, 1.807) is 4.90 Å². The lowest BCUT2D eigenvalue weighted by Gasteiger charge is -2.41. The van der Waals surface area contributed by atoms with E-state index in [0.29, 0.717) is 57.9 Å². The highest BCUT2D eigenvalue weighted by atomic mass is 19.1. The molecule has 2 N–H and O–H groups in total. The monoisotopic (exact) mass is 395 g/mol. The molecule has 2 aliphatic carbocycles. The summed E-state index contributed by atoms with van der Waals surface area (Å²) in [6, 6.07) is 0.195. The minimum atomic E-state index is -1.13. The van der Waals surface area contributed by atoms with Crippen LogP contribution in [-0.4, -0.2) is 77.3 Å². The van der Waals surface area contributed by atoms with Crippen LogP contribution in [0.5, 0.6) is 0 Å². The number of aliphatic hydroxyl groups is 1. The number of amides is 2. The summed E-state index contributed by atoms with van der Waals surface area (Å²) >= 11 is 0. The molecule has 4 rings (SSSR count). The van der Waals surface area contributed by atoms with Gasteiger partial charge in [-0.2, -0.15) is 0 Å². The predicted octanol–water partition coefficient (Wildman–Crippen LogP) is 1.32. The lowest BCUT2D eigenvalue weighted by molar-refractivity contribution is -0.148. The summed E-state index contributed by atoms with van der Waals surface area (Å²) in [5.74, 6) is 0.499. The Kier molecular flexibility index (Phi) is 5.67. The highest BCUT2D eigenvalue weighted by molar-refractivity contribution is 5.88. The number of alkyl halides is 1. The van der Waals surface area contributed by atoms with Crippen molar-refractivity contribution in [1.82, 2.24) is 15.1 Å². The van der Waals surface area contributed by atoms with Crippen molar-refractivity contribution in [2.45, 2.75) is 69.7 Å². The van der Waals surface area contributed by atoms with E-state index < -0.39 is 11.8 Å². The van der Waals surface area contributed by atoms with Crippen molar-refractivity contribution < 1.29 is 19.1 Å². The molecule has 4 aliphatic rings. The Morgan fingerprint density at radius 3 is 2.29 bits per heavy atom. The normalized spacial score (nSPS) is 38.2. The molecule has 2 saturated carbocycles. The first-order valence-corrected chi connectivity index (χ1v) is 11.1. The van der Waals surface area contributed by atoms with Crippen LogP contribution in [0.2, 0.25) is 0 Å². The van der Waals surface area contributed by atoms with Crippen molar-refractivity contribution in [1.29, 1.82) is 0 Å². The van der Waals surface area contributed by atoms with Gasteiger partial charge in [-0.3, -0.25) is 9.59 Å². The highest BCUT2D eigenvalue weighted by Gasteiger charge is 2.50. The van der Waals surface area contributed by atoms with E-state index in [4.69, 9.17) is 0 Å². The zero-order valence-corrected chi connectivity index (χ0v) is 16.9. The summed E-state index contributed by atoms with van der Waals surface area (Å²) in [5.41, 5.74) is -1.13. The molecular formula is C21H34FN3O3. The molecule has 4 fully saturated rings. The Morgan fingerprint density at radius 2 is 1.71 bits per heavy atom. The third kappa shape index (κ3) is 4.06. The number of hydrogen-bond acceptors (Lipinski definition) is 4. The van der Waals surface area contributed by atoms with Gasteiger partial charge in [0.05, 0.1) is 5.92 Å². The van der Waals surface area contributed by atoms with Crippen LogP contribution >= 0.6 is 0 Å². The molecule has 5 unspecified atom stereocenters. The molecule has 0 bridgehead atoms. The SMILES string of the molecule is CC1CCC(C2CCC(C(=O)N3CCN(C(=O)C4(O)CC4)CC3)CN2)C(F)C1. The van der Waals surface area contributed by atoms with Crippen molar-refractivity contribution in [3.8, 4) is 0 Å². The number of carbonyl (C=O) groups is 2. The summed E-state index contributed by atoms with van der Waals surface area (Å²) in [7, 11) is 0. The number of rotatable bonds is 3. The first-order chi connectivity index (χ1) is 13.4. The Labute approximate surface area is 166 Å². The molecule has 0 radical (unpaired) electrons. The van der Waals surface area contributed by atoms with Crippen molar-refractivity contribution in [3.63, 3.8) is 0 Å². The van der Waals surface area contributed by atoms with Crippen LogP contribution in [0.15, 0.2) is 0 Å². The number of carbonyl (C=O) groups excluding carboxylic acids is 2. The fourth-order valence-electron chi connectivity index (χ4n) is 5.26. The minimum absolute atomic E-state index is 0.0494. The van der Waals surface area contributed by atoms with E-state index in [2.05, 4.69) is 12.2 Å². The predicted molar refractivity (Wildman–Crippen MR) is 103 cm³/mol. The smallest absolute Gasteiger partial charge is 0.254 e. The average Bonchev–Trinajstić information content (AvgIpc) is 3.46. The molecule has 2 heterocycles. The van der Waals surface area contributed by atoms with Gasteiger partial charge < -0.3 is 20.2 Å². The fraction of sp³-hybridized carbons (Fsp3) is 0.905. The third-order valence-electron chi connectivity index (χ3n) is 7.40. The molecule has 0 aromatic heterocycles. The molecule has 2 aliphatic heterocycles. The zero-order valence-electron chi connectivity index (χ0n) is 16.9. The maximum absolute atomic E-state index is 14.5. The number of piperazine rings is 1. The molecule has 0 aromatic carbocycles. The molecular weight excluding hydrogens is 361 g/mol. The van der Waals surface area contributed by atoms with Gasteiger partial charge in [-0.15, -0.1) is 0 Å². The van der Waals surface area contributed by atoms with E-state index in [-0.39, 0.29) is 29.7 Å². The van der Waals surface area contributed by atoms with Gasteiger partial charge in [0.1, 0.15) is 11.8 Å². The molecule has 158 valence electrons. The maximum Gasteiger partial charge on any atom is 0.254 e. The van der Waals surface area contributed by atoms with Crippen LogP contribution in [0.1, 0.15) is 51.9 Å². The zero-order chi connectivity index (χ0) is 19.9. The summed E-state index contributed by atoms with van der Waals surface area (Å²) < 4.78 is 14.5. The van der Waals surface area contributed by atoms with E-state index >= 15 is 0 Å². The van der Waals surface area contributed by atoms with E-state index in [9.17, 15) is 19.1 Å². The molecule has 28 heavy (non-hydrogen) atoms. The summed E-state index contributed by atoms with van der Waals surface area (Å²) in [6.45, 7) is 4.82. The molecule has 0 spiro atoms. The lowest BCUT2D eigenvalue weighted by Crippen LogP contribution is -2.56. The Balaban J connectivity index is 1.23. The molecule has 2 amide bonds. The Hall–Kier alpha value is -1.21. The largest absolute Gasteiger partial charge is 0.380 e. The Morgan fingerprint density at radius 1 is 1.04 bits per heavy atom. The summed E-state index contributed by atoms with van der Waals surface area (Å²) in [5, 5.41) is 13.5. The van der Waals surface area contributed by atoms with Crippen molar-refractivity contribution in [2.24, 2.45) is 17.8 Å². The van der Waals surface area contributed by atoms with Gasteiger partial charge >= 0.3 is 0 Å². The van der Waals surface area contributed by atoms with E-state index in [1.807, 2.05) is 4.90 Å². The van der Waals surface area contributed by atoms with Gasteiger partial charge in [0.2, 0.25) is 5.91 Å². The van der Waals surface area contributed by atoms with Gasteiger partial charge in [0.25, 0.3) is 5.91 Å². The quantitative estimate of drug-likeness (QED) is 0.756. The van der Waals surface area contributed by atoms with Gasteiger partial charge in [-0.25, -0.2) is 4.39 Å². The summed E-state index contributed by atoms with van der Waals surface area (Å²) in [4.78, 5) is 28.7. The van der Waals surface area contributed by atoms with Gasteiger partial charge in [-0.05, 0) is 44.4 Å². The molecule has 0 aromatic rings. The number of nitrogens with zero attached hydrogens (tertiary/aromatic N) is 2. The van der Waals surface area contributed by atoms with Crippen LogP contribution in [0.4, 0.5) is 4.39 Å². The highest BCUT2D eigenvalue weighted by Crippen LogP contribution is 2.37. The van der Waals surface area contributed by atoms with Crippen LogP contribution in [0, 0.1) is 17.8 Å². The second-order valence-corrected chi connectivity index (χ2v) is 9.54.